The fraction of sp³-hybridized carbons (Fsp3) is 0.235. The average Bonchev–Trinajstić information content (AvgIpc) is 3.09. The summed E-state index contributed by atoms with van der Waals surface area (Å²) in [6.45, 7) is -1.73. The molecule has 150 valence electrons. The van der Waals surface area contributed by atoms with Gasteiger partial charge in [0.15, 0.2) is 17.6 Å². The Bertz CT molecular complexity index is 886. The van der Waals surface area contributed by atoms with Crippen molar-refractivity contribution < 1.29 is 37.4 Å². The molecule has 0 aliphatic rings. The molecule has 1 heterocycles. The molecule has 0 spiro atoms. The molecule has 0 saturated carbocycles. The molecule has 8 nitrogen and oxygen atoms in total. The van der Waals surface area contributed by atoms with Gasteiger partial charge in [-0.1, -0.05) is 0 Å². The third-order valence-corrected chi connectivity index (χ3v) is 4.27. The molecule has 0 radical (unpaired) electrons. The van der Waals surface area contributed by atoms with Gasteiger partial charge in [0, 0.05) is 0 Å². The fourth-order valence-corrected chi connectivity index (χ4v) is 2.88. The zero-order chi connectivity index (χ0) is 20.8. The molecule has 0 fully saturated rings. The van der Waals surface area contributed by atoms with Crippen molar-refractivity contribution in [2.45, 2.75) is 19.6 Å². The van der Waals surface area contributed by atoms with E-state index in [1.165, 1.54) is 26.2 Å². The first kappa shape index (κ1) is 21.1. The molecule has 0 bridgehead atoms. The van der Waals surface area contributed by atoms with Crippen molar-refractivity contribution in [3.63, 3.8) is 0 Å². The monoisotopic (exact) mass is 414 g/mol. The quantitative estimate of drug-likeness (QED) is 0.642. The van der Waals surface area contributed by atoms with E-state index in [2.05, 4.69) is 10.1 Å². The molecule has 1 atom stereocenters. The van der Waals surface area contributed by atoms with Gasteiger partial charge in [-0.3, -0.25) is 9.59 Å². The van der Waals surface area contributed by atoms with Gasteiger partial charge in [0.25, 0.3) is 11.8 Å². The summed E-state index contributed by atoms with van der Waals surface area (Å²) in [5, 5.41) is 4.26. The number of carbonyl (C=O) groups excluding carboxylic acids is 3. The molecule has 0 aliphatic carbocycles. The molecule has 0 unspecified atom stereocenters. The smallest absolute Gasteiger partial charge is 0.387 e. The Morgan fingerprint density at radius 3 is 2.50 bits per heavy atom. The van der Waals surface area contributed by atoms with Crippen LogP contribution in [0.3, 0.4) is 0 Å². The molecule has 28 heavy (non-hydrogen) atoms. The van der Waals surface area contributed by atoms with Crippen molar-refractivity contribution in [1.82, 2.24) is 0 Å². The number of methoxy groups -OCH3 is 1. The molecule has 1 aromatic carbocycles. The number of alkyl halides is 2. The summed E-state index contributed by atoms with van der Waals surface area (Å²) < 4.78 is 38.9. The van der Waals surface area contributed by atoms with Gasteiger partial charge in [0.1, 0.15) is 5.00 Å². The van der Waals surface area contributed by atoms with E-state index in [-0.39, 0.29) is 27.6 Å². The number of primary amides is 1. The number of carbonyl (C=O) groups is 3. The number of esters is 1. The number of halogens is 2. The highest BCUT2D eigenvalue weighted by atomic mass is 32.1. The summed E-state index contributed by atoms with van der Waals surface area (Å²) in [7, 11) is 1.22. The zero-order valence-electron chi connectivity index (χ0n) is 14.7. The lowest BCUT2D eigenvalue weighted by molar-refractivity contribution is -0.123. The molecule has 0 aliphatic heterocycles. The summed E-state index contributed by atoms with van der Waals surface area (Å²) in [4.78, 5) is 35.7. The number of amides is 2. The van der Waals surface area contributed by atoms with Crippen LogP contribution < -0.4 is 20.5 Å². The Labute approximate surface area is 162 Å². The van der Waals surface area contributed by atoms with Crippen molar-refractivity contribution >= 4 is 34.1 Å². The minimum atomic E-state index is -3.06. The van der Waals surface area contributed by atoms with Gasteiger partial charge in [-0.2, -0.15) is 8.78 Å². The van der Waals surface area contributed by atoms with E-state index in [9.17, 15) is 23.2 Å². The Kier molecular flexibility index (Phi) is 6.88. The SMILES string of the molecule is COc1cc(C(=O)O[C@H](C)C(=O)Nc2sccc2C(N)=O)ccc1OC(F)F. The van der Waals surface area contributed by atoms with E-state index < -0.39 is 30.5 Å². The largest absolute Gasteiger partial charge is 0.493 e. The van der Waals surface area contributed by atoms with Crippen LogP contribution in [-0.4, -0.2) is 37.6 Å². The summed E-state index contributed by atoms with van der Waals surface area (Å²) in [6.07, 6.45) is -1.21. The van der Waals surface area contributed by atoms with Crippen molar-refractivity contribution in [2.24, 2.45) is 5.73 Å². The Morgan fingerprint density at radius 1 is 1.18 bits per heavy atom. The Hall–Kier alpha value is -3.21. The number of benzene rings is 1. The summed E-state index contributed by atoms with van der Waals surface area (Å²) in [5.74, 6) is -2.62. The molecule has 1 aromatic heterocycles. The molecular weight excluding hydrogens is 398 g/mol. The van der Waals surface area contributed by atoms with E-state index >= 15 is 0 Å². The van der Waals surface area contributed by atoms with Crippen molar-refractivity contribution in [3.8, 4) is 11.5 Å². The van der Waals surface area contributed by atoms with Crippen LogP contribution in [-0.2, 0) is 9.53 Å². The van der Waals surface area contributed by atoms with Gasteiger partial charge in [-0.25, -0.2) is 4.79 Å². The fourth-order valence-electron chi connectivity index (χ4n) is 2.08. The highest BCUT2D eigenvalue weighted by Gasteiger charge is 2.22. The highest BCUT2D eigenvalue weighted by molar-refractivity contribution is 7.14. The van der Waals surface area contributed by atoms with E-state index in [4.69, 9.17) is 15.2 Å². The maximum Gasteiger partial charge on any atom is 0.387 e. The first-order valence-electron chi connectivity index (χ1n) is 7.75. The third-order valence-electron chi connectivity index (χ3n) is 3.44. The van der Waals surface area contributed by atoms with Crippen LogP contribution in [0.15, 0.2) is 29.6 Å². The van der Waals surface area contributed by atoms with Crippen molar-refractivity contribution in [1.29, 1.82) is 0 Å². The number of ether oxygens (including phenoxy) is 3. The van der Waals surface area contributed by atoms with Crippen molar-refractivity contribution in [2.75, 3.05) is 12.4 Å². The molecular formula is C17H16F2N2O6S. The van der Waals surface area contributed by atoms with E-state index in [1.807, 2.05) is 0 Å². The number of anilines is 1. The summed E-state index contributed by atoms with van der Waals surface area (Å²) in [5.41, 5.74) is 5.30. The molecule has 2 rings (SSSR count). The number of nitrogens with two attached hydrogens (primary N) is 1. The van der Waals surface area contributed by atoms with Gasteiger partial charge in [0.2, 0.25) is 0 Å². The highest BCUT2D eigenvalue weighted by Crippen LogP contribution is 2.30. The number of hydrogen-bond donors (Lipinski definition) is 2. The van der Waals surface area contributed by atoms with E-state index in [0.717, 1.165) is 23.5 Å². The molecule has 2 aromatic rings. The van der Waals surface area contributed by atoms with Gasteiger partial charge >= 0.3 is 12.6 Å². The van der Waals surface area contributed by atoms with Gasteiger partial charge in [-0.15, -0.1) is 11.3 Å². The first-order valence-corrected chi connectivity index (χ1v) is 8.63. The second-order valence-corrected chi connectivity index (χ2v) is 6.22. The molecule has 2 amide bonds. The van der Waals surface area contributed by atoms with Gasteiger partial charge < -0.3 is 25.3 Å². The van der Waals surface area contributed by atoms with Crippen LogP contribution >= 0.6 is 11.3 Å². The second-order valence-electron chi connectivity index (χ2n) is 5.31. The normalized spacial score (nSPS) is 11.6. The number of nitrogens with one attached hydrogen (secondary N) is 1. The lowest BCUT2D eigenvalue weighted by atomic mass is 10.2. The van der Waals surface area contributed by atoms with E-state index in [0.29, 0.717) is 0 Å². The predicted octanol–water partition coefficient (Wildman–Crippen LogP) is 2.64. The standard InChI is InChI=1S/C17H16F2N2O6S/c1-8(14(23)21-15-10(13(20)22)5-6-28-15)26-16(24)9-3-4-11(27-17(18)19)12(7-9)25-2/h3-8,17H,1-2H3,(H2,20,22)(H,21,23)/t8-/m1/s1. The number of hydrogen-bond acceptors (Lipinski definition) is 7. The van der Waals surface area contributed by atoms with Crippen LogP contribution in [0.1, 0.15) is 27.6 Å². The van der Waals surface area contributed by atoms with Crippen molar-refractivity contribution in [3.05, 3.63) is 40.8 Å². The minimum Gasteiger partial charge on any atom is -0.493 e. The zero-order valence-corrected chi connectivity index (χ0v) is 15.5. The van der Waals surface area contributed by atoms with Crippen LogP contribution in [0.25, 0.3) is 0 Å². The first-order chi connectivity index (χ1) is 13.2. The Balaban J connectivity index is 2.06. The van der Waals surface area contributed by atoms with Crippen LogP contribution in [0.2, 0.25) is 0 Å². The number of thiophene rings is 1. The van der Waals surface area contributed by atoms with Crippen LogP contribution in [0.4, 0.5) is 13.8 Å². The molecule has 11 heteroatoms. The summed E-state index contributed by atoms with van der Waals surface area (Å²) in [6, 6.07) is 4.92. The molecule has 3 N–H and O–H groups in total. The predicted molar refractivity (Wildman–Crippen MR) is 96.0 cm³/mol. The summed E-state index contributed by atoms with van der Waals surface area (Å²) >= 11 is 1.09. The maximum atomic E-state index is 12.3. The molecule has 0 saturated heterocycles. The maximum absolute atomic E-state index is 12.3. The lowest BCUT2D eigenvalue weighted by Gasteiger charge is -2.14. The third kappa shape index (κ3) is 5.16. The average molecular weight is 414 g/mol. The van der Waals surface area contributed by atoms with Crippen LogP contribution in [0, 0.1) is 0 Å². The lowest BCUT2D eigenvalue weighted by Crippen LogP contribution is -2.30. The minimum absolute atomic E-state index is 0.0351. The Morgan fingerprint density at radius 2 is 1.89 bits per heavy atom. The van der Waals surface area contributed by atoms with Crippen LogP contribution in [0.5, 0.6) is 11.5 Å². The number of rotatable bonds is 8. The second kappa shape index (κ2) is 9.13. The topological polar surface area (TPSA) is 117 Å². The van der Waals surface area contributed by atoms with Gasteiger partial charge in [-0.05, 0) is 36.6 Å². The van der Waals surface area contributed by atoms with E-state index in [1.54, 1.807) is 5.38 Å². The van der Waals surface area contributed by atoms with Gasteiger partial charge in [0.05, 0.1) is 18.2 Å².